The van der Waals surface area contributed by atoms with Crippen LogP contribution in [0.15, 0.2) is 28.2 Å². The first kappa shape index (κ1) is 21.0. The van der Waals surface area contributed by atoms with E-state index in [1.807, 2.05) is 0 Å². The van der Waals surface area contributed by atoms with Crippen LogP contribution in [-0.2, 0) is 19.1 Å². The molecule has 3 rings (SSSR count). The quantitative estimate of drug-likeness (QED) is 0.488. The van der Waals surface area contributed by atoms with Gasteiger partial charge in [0, 0.05) is 27.2 Å². The van der Waals surface area contributed by atoms with Crippen molar-refractivity contribution in [2.75, 3.05) is 47.0 Å². The first-order chi connectivity index (χ1) is 13.8. The summed E-state index contributed by atoms with van der Waals surface area (Å²) in [4.78, 5) is 52.0. The number of imide groups is 2. The summed E-state index contributed by atoms with van der Waals surface area (Å²) in [6.07, 6.45) is 1.41. The second-order valence-electron chi connectivity index (χ2n) is 6.54. The van der Waals surface area contributed by atoms with Gasteiger partial charge < -0.3 is 14.4 Å². The van der Waals surface area contributed by atoms with Gasteiger partial charge in [0.05, 0.1) is 17.7 Å². The van der Waals surface area contributed by atoms with Crippen LogP contribution >= 0.6 is 15.9 Å². The minimum atomic E-state index is -0.674. The van der Waals surface area contributed by atoms with Gasteiger partial charge in [-0.1, -0.05) is 6.07 Å². The first-order valence-electron chi connectivity index (χ1n) is 8.89. The Hall–Kier alpha value is -2.72. The summed E-state index contributed by atoms with van der Waals surface area (Å²) in [5.41, 5.74) is 0.453. The molecular formula is C19H20BrN3O6. The number of carbonyl (C=O) groups excluding carboxylic acids is 4. The minimum Gasteiger partial charge on any atom is -0.483 e. The molecule has 0 aliphatic carbocycles. The number of barbiturate groups is 1. The molecule has 5 amide bonds. The van der Waals surface area contributed by atoms with Crippen molar-refractivity contribution in [1.82, 2.24) is 14.7 Å². The van der Waals surface area contributed by atoms with E-state index in [2.05, 4.69) is 15.9 Å². The Labute approximate surface area is 175 Å². The summed E-state index contributed by atoms with van der Waals surface area (Å²) >= 11 is 3.38. The summed E-state index contributed by atoms with van der Waals surface area (Å²) in [6, 6.07) is 4.29. The van der Waals surface area contributed by atoms with Crippen LogP contribution in [0.1, 0.15) is 5.56 Å². The largest absolute Gasteiger partial charge is 0.483 e. The molecule has 0 radical (unpaired) electrons. The van der Waals surface area contributed by atoms with Crippen LogP contribution in [0.25, 0.3) is 6.08 Å². The lowest BCUT2D eigenvalue weighted by atomic mass is 10.1. The fourth-order valence-electron chi connectivity index (χ4n) is 2.91. The SMILES string of the molecule is CN1C(=O)C(=Cc2ccc(OCC(=O)N3CCOCC3)c(Br)c2)C(=O)N(C)C1=O. The standard InChI is InChI=1S/C19H20BrN3O6/c1-21-17(25)13(18(26)22(2)19(21)27)9-12-3-4-15(14(20)10-12)29-11-16(24)23-5-7-28-8-6-23/h3-4,9-10H,5-8,11H2,1-2H3. The van der Waals surface area contributed by atoms with Crippen LogP contribution in [0.5, 0.6) is 5.75 Å². The van der Waals surface area contributed by atoms with Crippen LogP contribution < -0.4 is 4.74 Å². The Kier molecular flexibility index (Phi) is 6.33. The molecule has 10 heteroatoms. The Morgan fingerprint density at radius 2 is 1.76 bits per heavy atom. The van der Waals surface area contributed by atoms with E-state index in [1.165, 1.54) is 20.2 Å². The zero-order valence-electron chi connectivity index (χ0n) is 16.0. The number of likely N-dealkylation sites (N-methyl/N-ethyl adjacent to an activating group) is 2. The van der Waals surface area contributed by atoms with Crippen LogP contribution in [0.2, 0.25) is 0 Å². The van der Waals surface area contributed by atoms with Crippen molar-refractivity contribution in [3.05, 3.63) is 33.8 Å². The second-order valence-corrected chi connectivity index (χ2v) is 7.39. The molecule has 0 N–H and O–H groups in total. The lowest BCUT2D eigenvalue weighted by Crippen LogP contribution is -2.52. The van der Waals surface area contributed by atoms with Crippen LogP contribution in [-0.4, -0.2) is 85.5 Å². The molecule has 1 aromatic carbocycles. The van der Waals surface area contributed by atoms with Gasteiger partial charge in [-0.2, -0.15) is 0 Å². The molecule has 0 unspecified atom stereocenters. The molecule has 2 aliphatic rings. The second kappa shape index (κ2) is 8.75. The van der Waals surface area contributed by atoms with Crippen molar-refractivity contribution in [2.45, 2.75) is 0 Å². The number of urea groups is 1. The van der Waals surface area contributed by atoms with Crippen molar-refractivity contribution in [3.8, 4) is 5.75 Å². The molecule has 0 atom stereocenters. The average molecular weight is 466 g/mol. The van der Waals surface area contributed by atoms with Crippen LogP contribution in [0.3, 0.4) is 0 Å². The topological polar surface area (TPSA) is 96.5 Å². The number of morpholine rings is 1. The van der Waals surface area contributed by atoms with Crippen LogP contribution in [0, 0.1) is 0 Å². The van der Waals surface area contributed by atoms with Gasteiger partial charge in [0.25, 0.3) is 17.7 Å². The average Bonchev–Trinajstić information content (AvgIpc) is 2.73. The van der Waals surface area contributed by atoms with Crippen molar-refractivity contribution in [1.29, 1.82) is 0 Å². The smallest absolute Gasteiger partial charge is 0.333 e. The molecule has 2 aliphatic heterocycles. The Morgan fingerprint density at radius 3 is 2.34 bits per heavy atom. The Bertz CT molecular complexity index is 868. The van der Waals surface area contributed by atoms with Gasteiger partial charge >= 0.3 is 6.03 Å². The zero-order valence-corrected chi connectivity index (χ0v) is 17.6. The van der Waals surface area contributed by atoms with Crippen molar-refractivity contribution >= 4 is 45.8 Å². The number of hydrogen-bond acceptors (Lipinski definition) is 6. The third-order valence-electron chi connectivity index (χ3n) is 4.63. The predicted octanol–water partition coefficient (Wildman–Crippen LogP) is 1.12. The molecular weight excluding hydrogens is 446 g/mol. The first-order valence-corrected chi connectivity index (χ1v) is 9.68. The number of halogens is 1. The summed E-state index contributed by atoms with van der Waals surface area (Å²) in [7, 11) is 2.64. The van der Waals surface area contributed by atoms with E-state index in [0.717, 1.165) is 9.80 Å². The molecule has 1 aromatic rings. The van der Waals surface area contributed by atoms with Gasteiger partial charge in [0.2, 0.25) is 0 Å². The van der Waals surface area contributed by atoms with Gasteiger partial charge in [0.1, 0.15) is 11.3 Å². The predicted molar refractivity (Wildman–Crippen MR) is 106 cm³/mol. The number of nitrogens with zero attached hydrogens (tertiary/aromatic N) is 3. The van der Waals surface area contributed by atoms with Gasteiger partial charge in [-0.3, -0.25) is 24.2 Å². The third kappa shape index (κ3) is 4.48. The molecule has 2 heterocycles. The number of amides is 5. The Morgan fingerprint density at radius 1 is 1.14 bits per heavy atom. The number of hydrogen-bond donors (Lipinski definition) is 0. The molecule has 29 heavy (non-hydrogen) atoms. The monoisotopic (exact) mass is 465 g/mol. The fraction of sp³-hybridized carbons (Fsp3) is 0.368. The maximum absolute atomic E-state index is 12.3. The number of ether oxygens (including phenoxy) is 2. The molecule has 154 valence electrons. The van der Waals surface area contributed by atoms with E-state index in [4.69, 9.17) is 9.47 Å². The summed E-state index contributed by atoms with van der Waals surface area (Å²) in [6.45, 7) is 2.03. The van der Waals surface area contributed by atoms with E-state index in [1.54, 1.807) is 23.1 Å². The van der Waals surface area contributed by atoms with Crippen molar-refractivity contribution in [2.24, 2.45) is 0 Å². The highest BCUT2D eigenvalue weighted by molar-refractivity contribution is 9.10. The van der Waals surface area contributed by atoms with Crippen molar-refractivity contribution in [3.63, 3.8) is 0 Å². The van der Waals surface area contributed by atoms with E-state index in [0.29, 0.717) is 42.1 Å². The van der Waals surface area contributed by atoms with E-state index in [9.17, 15) is 19.2 Å². The molecule has 2 fully saturated rings. The fourth-order valence-corrected chi connectivity index (χ4v) is 3.42. The van der Waals surface area contributed by atoms with E-state index >= 15 is 0 Å². The van der Waals surface area contributed by atoms with Gasteiger partial charge in [-0.25, -0.2) is 4.79 Å². The van der Waals surface area contributed by atoms with E-state index in [-0.39, 0.29) is 18.1 Å². The molecule has 0 spiro atoms. The summed E-state index contributed by atoms with van der Waals surface area (Å²) < 4.78 is 11.4. The number of rotatable bonds is 4. The highest BCUT2D eigenvalue weighted by atomic mass is 79.9. The Balaban J connectivity index is 1.71. The van der Waals surface area contributed by atoms with E-state index < -0.39 is 17.8 Å². The van der Waals surface area contributed by atoms with Gasteiger partial charge in [-0.05, 0) is 39.7 Å². The van der Waals surface area contributed by atoms with Crippen molar-refractivity contribution < 1.29 is 28.7 Å². The van der Waals surface area contributed by atoms with Gasteiger partial charge in [-0.15, -0.1) is 0 Å². The lowest BCUT2D eigenvalue weighted by Gasteiger charge is -2.28. The normalized spacial score (nSPS) is 17.7. The van der Waals surface area contributed by atoms with Gasteiger partial charge in [0.15, 0.2) is 6.61 Å². The summed E-state index contributed by atoms with van der Waals surface area (Å²) in [5.74, 6) is -0.990. The maximum Gasteiger partial charge on any atom is 0.333 e. The third-order valence-corrected chi connectivity index (χ3v) is 5.25. The minimum absolute atomic E-state index is 0.103. The highest BCUT2D eigenvalue weighted by Gasteiger charge is 2.37. The molecule has 9 nitrogen and oxygen atoms in total. The number of benzene rings is 1. The number of carbonyl (C=O) groups is 4. The zero-order chi connectivity index (χ0) is 21.1. The lowest BCUT2D eigenvalue weighted by molar-refractivity contribution is -0.137. The maximum atomic E-state index is 12.3. The molecule has 2 saturated heterocycles. The molecule has 0 aromatic heterocycles. The molecule has 0 bridgehead atoms. The van der Waals surface area contributed by atoms with Crippen LogP contribution in [0.4, 0.5) is 4.79 Å². The highest BCUT2D eigenvalue weighted by Crippen LogP contribution is 2.28. The molecule has 0 saturated carbocycles. The summed E-state index contributed by atoms with van der Waals surface area (Å²) in [5, 5.41) is 0.